The molecule has 0 saturated carbocycles. The first kappa shape index (κ1) is 28.8. The van der Waals surface area contributed by atoms with Crippen LogP contribution < -0.4 is 4.74 Å². The van der Waals surface area contributed by atoms with Crippen LogP contribution in [0.25, 0.3) is 55.6 Å². The summed E-state index contributed by atoms with van der Waals surface area (Å²) in [4.78, 5) is 0. The van der Waals surface area contributed by atoms with Gasteiger partial charge < -0.3 is 20.1 Å². The monoisotopic (exact) mass is 638 g/mol. The first-order valence-electron chi connectivity index (χ1n) is 14.9. The van der Waals surface area contributed by atoms with Gasteiger partial charge in [0, 0.05) is 22.4 Å². The van der Waals surface area contributed by atoms with E-state index < -0.39 is 23.1 Å². The summed E-state index contributed by atoms with van der Waals surface area (Å²) in [6.45, 7) is 0. The van der Waals surface area contributed by atoms with Crippen LogP contribution in [0.15, 0.2) is 128 Å². The molecule has 0 amide bonds. The largest absolute Gasteiger partial charge is 0.508 e. The van der Waals surface area contributed by atoms with E-state index in [0.29, 0.717) is 44.9 Å². The van der Waals surface area contributed by atoms with Crippen molar-refractivity contribution >= 4 is 21.8 Å². The average Bonchev–Trinajstić information content (AvgIpc) is 3.70. The van der Waals surface area contributed by atoms with Crippen molar-refractivity contribution in [2.45, 2.75) is 0 Å². The second-order valence-electron chi connectivity index (χ2n) is 11.2. The van der Waals surface area contributed by atoms with Gasteiger partial charge in [-0.2, -0.15) is 10.2 Å². The Bertz CT molecular complexity index is 2450. The quantitative estimate of drug-likeness (QED) is 0.168. The van der Waals surface area contributed by atoms with Gasteiger partial charge in [-0.1, -0.05) is 24.3 Å². The van der Waals surface area contributed by atoms with E-state index in [4.69, 9.17) is 9.84 Å². The van der Waals surface area contributed by atoms with E-state index in [9.17, 15) is 19.7 Å². The number of rotatable bonds is 6. The summed E-state index contributed by atoms with van der Waals surface area (Å²) < 4.78 is 38.3. The molecule has 0 bridgehead atoms. The molecule has 0 fully saturated rings. The molecule has 3 N–H and O–H groups in total. The number of benzene rings is 6. The van der Waals surface area contributed by atoms with Crippen molar-refractivity contribution in [1.29, 1.82) is 0 Å². The fourth-order valence-corrected chi connectivity index (χ4v) is 5.72. The predicted octanol–water partition coefficient (Wildman–Crippen LogP) is 8.89. The highest BCUT2D eigenvalue weighted by Crippen LogP contribution is 2.36. The molecule has 0 atom stereocenters. The second-order valence-corrected chi connectivity index (χ2v) is 11.2. The van der Waals surface area contributed by atoms with Crippen LogP contribution in [-0.4, -0.2) is 34.9 Å². The minimum absolute atomic E-state index is 0.146. The van der Waals surface area contributed by atoms with Gasteiger partial charge in [0.15, 0.2) is 23.1 Å². The van der Waals surface area contributed by atoms with E-state index >= 15 is 4.39 Å². The predicted molar refractivity (Wildman–Crippen MR) is 178 cm³/mol. The van der Waals surface area contributed by atoms with Gasteiger partial charge in [-0.15, -0.1) is 0 Å². The van der Waals surface area contributed by atoms with E-state index in [1.54, 1.807) is 59.3 Å². The molecule has 48 heavy (non-hydrogen) atoms. The summed E-state index contributed by atoms with van der Waals surface area (Å²) >= 11 is 0. The number of phenolic OH excluding ortho intramolecular Hbond substituents is 3. The van der Waals surface area contributed by atoms with Crippen molar-refractivity contribution in [1.82, 2.24) is 19.6 Å². The molecule has 10 heteroatoms. The van der Waals surface area contributed by atoms with Crippen LogP contribution >= 0.6 is 0 Å². The maximum absolute atomic E-state index is 15.4. The summed E-state index contributed by atoms with van der Waals surface area (Å²) in [5.74, 6) is -1.09. The van der Waals surface area contributed by atoms with Crippen molar-refractivity contribution in [3.05, 3.63) is 139 Å². The third-order valence-electron chi connectivity index (χ3n) is 8.16. The summed E-state index contributed by atoms with van der Waals surface area (Å²) in [5.41, 5.74) is 5.09. The molecular weight excluding hydrogens is 614 g/mol. The molecular formula is C38H24F2N4O4. The smallest absolute Gasteiger partial charge is 0.191 e. The topological polar surface area (TPSA) is 106 Å². The van der Waals surface area contributed by atoms with Gasteiger partial charge in [-0.05, 0) is 102 Å². The minimum Gasteiger partial charge on any atom is -0.508 e. The van der Waals surface area contributed by atoms with Gasteiger partial charge in [0.1, 0.15) is 28.5 Å². The average molecular weight is 639 g/mol. The third-order valence-corrected chi connectivity index (χ3v) is 8.16. The van der Waals surface area contributed by atoms with E-state index in [2.05, 4.69) is 5.10 Å². The molecule has 234 valence electrons. The molecule has 0 spiro atoms. The van der Waals surface area contributed by atoms with Gasteiger partial charge in [0.05, 0.1) is 23.1 Å². The first-order chi connectivity index (χ1) is 23.3. The molecule has 0 unspecified atom stereocenters. The number of hydrogen-bond donors (Lipinski definition) is 3. The number of phenols is 3. The Morgan fingerprint density at radius 2 is 1.17 bits per heavy atom. The zero-order chi connectivity index (χ0) is 32.9. The highest BCUT2D eigenvalue weighted by molar-refractivity contribution is 5.95. The Balaban J connectivity index is 1.07. The second kappa shape index (κ2) is 11.3. The lowest BCUT2D eigenvalue weighted by atomic mass is 10.1. The lowest BCUT2D eigenvalue weighted by Crippen LogP contribution is -1.98. The van der Waals surface area contributed by atoms with Gasteiger partial charge >= 0.3 is 0 Å². The summed E-state index contributed by atoms with van der Waals surface area (Å²) in [5, 5.41) is 39.8. The van der Waals surface area contributed by atoms with Crippen LogP contribution in [0.5, 0.6) is 28.7 Å². The molecule has 0 saturated heterocycles. The fourth-order valence-electron chi connectivity index (χ4n) is 5.72. The molecule has 2 aromatic heterocycles. The lowest BCUT2D eigenvalue weighted by Gasteiger charge is -2.09. The first-order valence-corrected chi connectivity index (χ1v) is 14.9. The van der Waals surface area contributed by atoms with Crippen LogP contribution in [0.1, 0.15) is 0 Å². The maximum Gasteiger partial charge on any atom is 0.191 e. The number of halogens is 2. The van der Waals surface area contributed by atoms with Crippen molar-refractivity contribution in [2.75, 3.05) is 0 Å². The summed E-state index contributed by atoms with van der Waals surface area (Å²) in [7, 11) is 0. The Hall–Kier alpha value is -6.68. The molecule has 0 aliphatic carbocycles. The molecule has 0 aliphatic heterocycles. The molecule has 0 radical (unpaired) electrons. The van der Waals surface area contributed by atoms with Crippen molar-refractivity contribution in [2.24, 2.45) is 0 Å². The highest BCUT2D eigenvalue weighted by atomic mass is 19.1. The third kappa shape index (κ3) is 5.01. The van der Waals surface area contributed by atoms with E-state index in [1.165, 1.54) is 29.1 Å². The number of aromatic nitrogens is 4. The SMILES string of the molecule is Oc1ccc(-c2ccc(-n3nc(-c4ccc(Oc5ccc(-n6ncc7cc(F)c(O)cc76)cc5)cc4)c4ccc(O)c(F)c43)cc2)cc1. The zero-order valence-corrected chi connectivity index (χ0v) is 24.9. The molecule has 6 aromatic carbocycles. The Morgan fingerprint density at radius 1 is 0.583 bits per heavy atom. The van der Waals surface area contributed by atoms with Crippen LogP contribution in [0.4, 0.5) is 8.78 Å². The lowest BCUT2D eigenvalue weighted by molar-refractivity contribution is 0.433. The van der Waals surface area contributed by atoms with Crippen molar-refractivity contribution in [3.63, 3.8) is 0 Å². The van der Waals surface area contributed by atoms with E-state index in [-0.39, 0.29) is 11.3 Å². The van der Waals surface area contributed by atoms with Crippen LogP contribution in [0.2, 0.25) is 0 Å². The summed E-state index contributed by atoms with van der Waals surface area (Å²) in [6.07, 6.45) is 1.53. The van der Waals surface area contributed by atoms with Gasteiger partial charge in [0.2, 0.25) is 0 Å². The van der Waals surface area contributed by atoms with Gasteiger partial charge in [-0.3, -0.25) is 0 Å². The minimum atomic E-state index is -0.774. The number of aromatic hydroxyl groups is 3. The standard InChI is InChI=1S/C38H24F2N4O4/c39-32-19-25-21-41-43(33(25)20-35(32)47)26-9-15-30(16-10-26)48-29-13-5-24(6-14-29)37-31-17-18-34(46)36(40)38(31)44(42-37)27-7-1-22(2-8-27)23-3-11-28(45)12-4-23/h1-21,45-47H. The molecule has 8 rings (SSSR count). The fraction of sp³-hybridized carbons (Fsp3) is 0. The zero-order valence-electron chi connectivity index (χ0n) is 24.9. The van der Waals surface area contributed by atoms with E-state index in [1.807, 2.05) is 48.5 Å². The Labute approximate surface area is 271 Å². The van der Waals surface area contributed by atoms with Gasteiger partial charge in [0.25, 0.3) is 0 Å². The number of hydrogen-bond acceptors (Lipinski definition) is 6. The van der Waals surface area contributed by atoms with Crippen LogP contribution in [0, 0.1) is 11.6 Å². The maximum atomic E-state index is 15.4. The number of nitrogens with zero attached hydrogens (tertiary/aromatic N) is 4. The van der Waals surface area contributed by atoms with Crippen LogP contribution in [0.3, 0.4) is 0 Å². The highest BCUT2D eigenvalue weighted by Gasteiger charge is 2.20. The van der Waals surface area contributed by atoms with Crippen molar-refractivity contribution in [3.8, 4) is 62.5 Å². The molecule has 8 aromatic rings. The summed E-state index contributed by atoms with van der Waals surface area (Å²) in [6, 6.07) is 34.2. The Morgan fingerprint density at radius 3 is 1.85 bits per heavy atom. The number of ether oxygens (including phenoxy) is 1. The molecule has 0 aliphatic rings. The molecule has 2 heterocycles. The normalized spacial score (nSPS) is 11.4. The van der Waals surface area contributed by atoms with Crippen LogP contribution in [-0.2, 0) is 0 Å². The molecule has 8 nitrogen and oxygen atoms in total. The van der Waals surface area contributed by atoms with Gasteiger partial charge in [-0.25, -0.2) is 18.1 Å². The van der Waals surface area contributed by atoms with Crippen molar-refractivity contribution < 1.29 is 28.8 Å². The van der Waals surface area contributed by atoms with E-state index in [0.717, 1.165) is 16.7 Å². The number of fused-ring (bicyclic) bond motifs is 2. The Kier molecular flexibility index (Phi) is 6.76.